The number of hydrogen-bond donors (Lipinski definition) is 0. The molecule has 176 valence electrons. The van der Waals surface area contributed by atoms with Crippen LogP contribution >= 0.6 is 0 Å². The van der Waals surface area contributed by atoms with Crippen molar-refractivity contribution in [2.75, 3.05) is 25.1 Å². The van der Waals surface area contributed by atoms with Crippen LogP contribution in [0.2, 0.25) is 0 Å². The Hall–Kier alpha value is -4.04. The lowest BCUT2D eigenvalue weighted by Crippen LogP contribution is -2.37. The Morgan fingerprint density at radius 3 is 2.51 bits per heavy atom. The summed E-state index contributed by atoms with van der Waals surface area (Å²) in [6.07, 6.45) is 4.81. The summed E-state index contributed by atoms with van der Waals surface area (Å²) in [4.78, 5) is 29.7. The number of hydrogen-bond acceptors (Lipinski definition) is 6. The lowest BCUT2D eigenvalue weighted by Gasteiger charge is -2.32. The number of methoxy groups -OCH3 is 1. The van der Waals surface area contributed by atoms with E-state index in [0.717, 1.165) is 69.0 Å². The number of nitrogens with zero attached hydrogens (tertiary/aromatic N) is 6. The predicted molar refractivity (Wildman–Crippen MR) is 137 cm³/mol. The second kappa shape index (κ2) is 8.32. The van der Waals surface area contributed by atoms with E-state index in [1.807, 2.05) is 49.5 Å². The number of anilines is 1. The van der Waals surface area contributed by atoms with E-state index < -0.39 is 0 Å². The van der Waals surface area contributed by atoms with Gasteiger partial charge in [-0.15, -0.1) is 0 Å². The molecule has 5 heterocycles. The Morgan fingerprint density at radius 2 is 1.83 bits per heavy atom. The van der Waals surface area contributed by atoms with E-state index in [1.54, 1.807) is 29.5 Å². The molecule has 0 radical (unpaired) electrons. The summed E-state index contributed by atoms with van der Waals surface area (Å²) in [7, 11) is 3.44. The topological polar surface area (TPSA) is 78.1 Å². The van der Waals surface area contributed by atoms with Crippen LogP contribution in [0.1, 0.15) is 17.8 Å². The van der Waals surface area contributed by atoms with Gasteiger partial charge in [0, 0.05) is 44.4 Å². The summed E-state index contributed by atoms with van der Waals surface area (Å²) in [5.74, 6) is 0.962. The first-order chi connectivity index (χ1) is 17.0. The standard InChI is InChI=1S/C27H26N6O2/c1-17-23(9-10-25(30-17)32-11-4-12-32)33-26-21-13-18(19-5-7-20(16-35-3)28-14-19)6-8-22(21)29-15-24(26)31(2)27(33)34/h5-10,13-15H,4,11-12,16H2,1-3H3. The van der Waals surface area contributed by atoms with Crippen molar-refractivity contribution in [1.29, 1.82) is 0 Å². The van der Waals surface area contributed by atoms with Crippen molar-refractivity contribution in [2.24, 2.45) is 7.05 Å². The van der Waals surface area contributed by atoms with E-state index in [1.165, 1.54) is 6.42 Å². The van der Waals surface area contributed by atoms with Gasteiger partial charge in [0.05, 0.1) is 46.4 Å². The van der Waals surface area contributed by atoms with Gasteiger partial charge in [-0.1, -0.05) is 12.1 Å². The molecule has 4 aromatic heterocycles. The van der Waals surface area contributed by atoms with E-state index >= 15 is 0 Å². The van der Waals surface area contributed by atoms with E-state index in [2.05, 4.69) is 20.9 Å². The molecule has 1 aromatic carbocycles. The van der Waals surface area contributed by atoms with Crippen molar-refractivity contribution in [3.05, 3.63) is 76.7 Å². The van der Waals surface area contributed by atoms with Crippen LogP contribution in [0.4, 0.5) is 5.82 Å². The molecule has 0 N–H and O–H groups in total. The summed E-state index contributed by atoms with van der Waals surface area (Å²) in [6, 6.07) is 14.1. The Balaban J connectivity index is 1.55. The van der Waals surface area contributed by atoms with Crippen molar-refractivity contribution >= 4 is 27.8 Å². The molecule has 8 heteroatoms. The van der Waals surface area contributed by atoms with Crippen molar-refractivity contribution in [3.8, 4) is 16.8 Å². The highest BCUT2D eigenvalue weighted by Crippen LogP contribution is 2.31. The molecule has 0 saturated carbocycles. The fourth-order valence-corrected chi connectivity index (χ4v) is 4.73. The lowest BCUT2D eigenvalue weighted by atomic mass is 10.0. The normalized spacial score (nSPS) is 13.5. The fraction of sp³-hybridized carbons (Fsp3) is 0.259. The van der Waals surface area contributed by atoms with Gasteiger partial charge in [0.15, 0.2) is 0 Å². The summed E-state index contributed by atoms with van der Waals surface area (Å²) in [6.45, 7) is 4.50. The molecular formula is C27H26N6O2. The number of rotatable bonds is 5. The largest absolute Gasteiger partial charge is 0.378 e. The SMILES string of the molecule is COCc1ccc(-c2ccc3ncc4c(c3c2)n(-c2ccc(N3CCC3)nc2C)c(=O)n4C)cn1. The van der Waals surface area contributed by atoms with Gasteiger partial charge >= 0.3 is 5.69 Å². The van der Waals surface area contributed by atoms with Crippen LogP contribution in [-0.2, 0) is 18.4 Å². The van der Waals surface area contributed by atoms with Gasteiger partial charge < -0.3 is 9.64 Å². The minimum atomic E-state index is -0.119. The van der Waals surface area contributed by atoms with E-state index in [0.29, 0.717) is 6.61 Å². The smallest absolute Gasteiger partial charge is 0.333 e. The minimum Gasteiger partial charge on any atom is -0.378 e. The van der Waals surface area contributed by atoms with Crippen molar-refractivity contribution in [2.45, 2.75) is 20.0 Å². The van der Waals surface area contributed by atoms with E-state index in [-0.39, 0.29) is 5.69 Å². The number of aromatic nitrogens is 5. The molecule has 0 unspecified atom stereocenters. The van der Waals surface area contributed by atoms with Crippen LogP contribution < -0.4 is 10.6 Å². The maximum atomic E-state index is 13.5. The predicted octanol–water partition coefficient (Wildman–Crippen LogP) is 4.00. The monoisotopic (exact) mass is 466 g/mol. The first-order valence-electron chi connectivity index (χ1n) is 11.7. The molecule has 6 rings (SSSR count). The highest BCUT2D eigenvalue weighted by Gasteiger charge is 2.21. The number of benzene rings is 1. The molecule has 1 saturated heterocycles. The average molecular weight is 467 g/mol. The zero-order valence-electron chi connectivity index (χ0n) is 20.0. The molecule has 1 aliphatic rings. The van der Waals surface area contributed by atoms with Crippen LogP contribution in [0.25, 0.3) is 38.8 Å². The third kappa shape index (κ3) is 3.49. The summed E-state index contributed by atoms with van der Waals surface area (Å²) >= 11 is 0. The second-order valence-corrected chi connectivity index (χ2v) is 8.99. The van der Waals surface area contributed by atoms with Crippen LogP contribution in [0.15, 0.2) is 59.7 Å². The summed E-state index contributed by atoms with van der Waals surface area (Å²) in [5.41, 5.74) is 6.80. The zero-order chi connectivity index (χ0) is 24.1. The third-order valence-electron chi connectivity index (χ3n) is 6.80. The number of aryl methyl sites for hydroxylation is 2. The molecule has 8 nitrogen and oxygen atoms in total. The first-order valence-corrected chi connectivity index (χ1v) is 11.7. The van der Waals surface area contributed by atoms with Crippen molar-refractivity contribution in [1.82, 2.24) is 24.1 Å². The number of ether oxygens (including phenoxy) is 1. The zero-order valence-corrected chi connectivity index (χ0v) is 20.0. The van der Waals surface area contributed by atoms with Gasteiger partial charge in [-0.25, -0.2) is 9.78 Å². The summed E-state index contributed by atoms with van der Waals surface area (Å²) in [5, 5.41) is 0.907. The van der Waals surface area contributed by atoms with Gasteiger partial charge in [0.2, 0.25) is 0 Å². The molecule has 0 spiro atoms. The van der Waals surface area contributed by atoms with Gasteiger partial charge in [-0.05, 0) is 49.2 Å². The van der Waals surface area contributed by atoms with Crippen LogP contribution in [-0.4, -0.2) is 44.3 Å². The van der Waals surface area contributed by atoms with Crippen LogP contribution in [0.5, 0.6) is 0 Å². The second-order valence-electron chi connectivity index (χ2n) is 8.99. The molecular weight excluding hydrogens is 440 g/mol. The molecule has 0 amide bonds. The Bertz CT molecular complexity index is 1630. The van der Waals surface area contributed by atoms with Crippen LogP contribution in [0.3, 0.4) is 0 Å². The Morgan fingerprint density at radius 1 is 1.00 bits per heavy atom. The lowest BCUT2D eigenvalue weighted by molar-refractivity contribution is 0.181. The molecule has 1 fully saturated rings. The quantitative estimate of drug-likeness (QED) is 0.390. The van der Waals surface area contributed by atoms with Gasteiger partial charge in [-0.2, -0.15) is 0 Å². The van der Waals surface area contributed by atoms with E-state index in [9.17, 15) is 4.79 Å². The van der Waals surface area contributed by atoms with E-state index in [4.69, 9.17) is 9.72 Å². The molecule has 1 aliphatic heterocycles. The summed E-state index contributed by atoms with van der Waals surface area (Å²) < 4.78 is 8.59. The van der Waals surface area contributed by atoms with Crippen molar-refractivity contribution < 1.29 is 4.74 Å². The molecule has 0 bridgehead atoms. The first kappa shape index (κ1) is 21.5. The van der Waals surface area contributed by atoms with Gasteiger partial charge in [-0.3, -0.25) is 19.1 Å². The molecule has 0 atom stereocenters. The maximum Gasteiger partial charge on any atom is 0.333 e. The van der Waals surface area contributed by atoms with Crippen molar-refractivity contribution in [3.63, 3.8) is 0 Å². The number of imidazole rings is 1. The molecule has 5 aromatic rings. The number of pyridine rings is 3. The third-order valence-corrected chi connectivity index (χ3v) is 6.80. The average Bonchev–Trinajstić information content (AvgIpc) is 3.09. The maximum absolute atomic E-state index is 13.5. The van der Waals surface area contributed by atoms with Gasteiger partial charge in [0.1, 0.15) is 5.82 Å². The highest BCUT2D eigenvalue weighted by molar-refractivity contribution is 6.04. The molecule has 35 heavy (non-hydrogen) atoms. The fourth-order valence-electron chi connectivity index (χ4n) is 4.73. The van der Waals surface area contributed by atoms with Gasteiger partial charge in [0.25, 0.3) is 0 Å². The molecule has 0 aliphatic carbocycles. The highest BCUT2D eigenvalue weighted by atomic mass is 16.5. The number of fused-ring (bicyclic) bond motifs is 3. The minimum absolute atomic E-state index is 0.119. The Labute approximate surface area is 202 Å². The Kier molecular flexibility index (Phi) is 5.11. The van der Waals surface area contributed by atoms with Crippen LogP contribution in [0, 0.1) is 6.92 Å².